The number of fused-ring (bicyclic) bond motifs is 1. The van der Waals surface area contributed by atoms with Crippen LogP contribution in [0.5, 0.6) is 11.5 Å². The van der Waals surface area contributed by atoms with Crippen molar-refractivity contribution in [3.8, 4) is 11.5 Å². The Morgan fingerprint density at radius 2 is 1.74 bits per heavy atom. The van der Waals surface area contributed by atoms with E-state index in [1.165, 1.54) is 0 Å². The molecule has 1 aliphatic rings. The predicted octanol–water partition coefficient (Wildman–Crippen LogP) is 3.22. The molecule has 0 spiro atoms. The van der Waals surface area contributed by atoms with Gasteiger partial charge in [-0.15, -0.1) is 0 Å². The Kier molecular flexibility index (Phi) is 4.10. The van der Waals surface area contributed by atoms with Crippen molar-refractivity contribution in [1.82, 2.24) is 0 Å². The molecule has 23 heavy (non-hydrogen) atoms. The van der Waals surface area contributed by atoms with Crippen LogP contribution in [0.25, 0.3) is 0 Å². The molecule has 0 saturated heterocycles. The van der Waals surface area contributed by atoms with Gasteiger partial charge in [-0.3, -0.25) is 4.79 Å². The Morgan fingerprint density at radius 1 is 1.09 bits per heavy atom. The Morgan fingerprint density at radius 3 is 2.39 bits per heavy atom. The molecule has 1 N–H and O–H groups in total. The lowest BCUT2D eigenvalue weighted by Crippen LogP contribution is -2.41. The van der Waals surface area contributed by atoms with Crippen molar-refractivity contribution < 1.29 is 14.3 Å². The Hall–Kier alpha value is -2.69. The van der Waals surface area contributed by atoms with Gasteiger partial charge >= 0.3 is 0 Å². The summed E-state index contributed by atoms with van der Waals surface area (Å²) in [4.78, 5) is 14.3. The molecule has 1 amide bonds. The first kappa shape index (κ1) is 15.2. The number of hydrogen-bond acceptors (Lipinski definition) is 4. The van der Waals surface area contributed by atoms with Crippen LogP contribution < -0.4 is 19.7 Å². The van der Waals surface area contributed by atoms with Gasteiger partial charge in [-0.05, 0) is 12.5 Å². The summed E-state index contributed by atoms with van der Waals surface area (Å²) in [7, 11) is 3.19. The molecule has 1 unspecified atom stereocenters. The minimum atomic E-state index is -0.0670. The summed E-state index contributed by atoms with van der Waals surface area (Å²) in [5.74, 6) is 1.27. The average molecular weight is 312 g/mol. The van der Waals surface area contributed by atoms with Gasteiger partial charge in [0.05, 0.1) is 38.2 Å². The molecular formula is C18H20N2O3. The van der Waals surface area contributed by atoms with E-state index < -0.39 is 0 Å². The van der Waals surface area contributed by atoms with E-state index in [9.17, 15) is 4.79 Å². The van der Waals surface area contributed by atoms with E-state index >= 15 is 0 Å². The van der Waals surface area contributed by atoms with E-state index in [1.54, 1.807) is 14.2 Å². The van der Waals surface area contributed by atoms with Gasteiger partial charge in [0.2, 0.25) is 5.91 Å². The molecule has 3 rings (SSSR count). The van der Waals surface area contributed by atoms with Crippen molar-refractivity contribution >= 4 is 17.3 Å². The lowest BCUT2D eigenvalue weighted by atomic mass is 10.0. The van der Waals surface area contributed by atoms with Crippen LogP contribution in [-0.2, 0) is 4.79 Å². The maximum absolute atomic E-state index is 12.5. The first-order valence-electron chi connectivity index (χ1n) is 7.52. The highest BCUT2D eigenvalue weighted by Crippen LogP contribution is 2.42. The van der Waals surface area contributed by atoms with E-state index in [1.807, 2.05) is 54.3 Å². The number of hydrogen-bond donors (Lipinski definition) is 1. The second kappa shape index (κ2) is 6.20. The summed E-state index contributed by atoms with van der Waals surface area (Å²) >= 11 is 0. The Bertz CT molecular complexity index is 716. The molecule has 0 aromatic heterocycles. The highest BCUT2D eigenvalue weighted by atomic mass is 16.5. The van der Waals surface area contributed by atoms with Crippen molar-refractivity contribution in [3.05, 3.63) is 48.0 Å². The maximum Gasteiger partial charge on any atom is 0.246 e. The van der Waals surface area contributed by atoms with Gasteiger partial charge in [0.15, 0.2) is 11.5 Å². The number of nitrogens with zero attached hydrogens (tertiary/aromatic N) is 1. The van der Waals surface area contributed by atoms with Gasteiger partial charge in [0.1, 0.15) is 0 Å². The average Bonchev–Trinajstić information content (AvgIpc) is 2.60. The molecule has 2 aromatic rings. The van der Waals surface area contributed by atoms with Gasteiger partial charge in [0, 0.05) is 12.1 Å². The minimum Gasteiger partial charge on any atom is -0.493 e. The SMILES string of the molecule is COc1cc2c(cc1OC)N(C(C)c1ccccc1)C(=O)CN2. The van der Waals surface area contributed by atoms with Gasteiger partial charge in [0.25, 0.3) is 0 Å². The number of anilines is 2. The number of carbonyl (C=O) groups is 1. The largest absolute Gasteiger partial charge is 0.493 e. The number of methoxy groups -OCH3 is 2. The second-order valence-corrected chi connectivity index (χ2v) is 5.43. The summed E-state index contributed by atoms with van der Waals surface area (Å²) in [6, 6.07) is 13.6. The van der Waals surface area contributed by atoms with E-state index in [0.29, 0.717) is 11.5 Å². The summed E-state index contributed by atoms with van der Waals surface area (Å²) in [6.07, 6.45) is 0. The Labute approximate surface area is 135 Å². The van der Waals surface area contributed by atoms with Crippen molar-refractivity contribution in [1.29, 1.82) is 0 Å². The zero-order valence-corrected chi connectivity index (χ0v) is 13.5. The van der Waals surface area contributed by atoms with Crippen LogP contribution in [0.15, 0.2) is 42.5 Å². The lowest BCUT2D eigenvalue weighted by molar-refractivity contribution is -0.117. The van der Waals surface area contributed by atoms with Crippen LogP contribution in [0.1, 0.15) is 18.5 Å². The van der Waals surface area contributed by atoms with Crippen LogP contribution >= 0.6 is 0 Å². The fourth-order valence-corrected chi connectivity index (χ4v) is 2.90. The monoisotopic (exact) mass is 312 g/mol. The van der Waals surface area contributed by atoms with Crippen LogP contribution in [0.4, 0.5) is 11.4 Å². The molecule has 1 heterocycles. The quantitative estimate of drug-likeness (QED) is 0.942. The molecule has 5 nitrogen and oxygen atoms in total. The van der Waals surface area contributed by atoms with Crippen LogP contribution in [-0.4, -0.2) is 26.7 Å². The molecular weight excluding hydrogens is 292 g/mol. The fourth-order valence-electron chi connectivity index (χ4n) is 2.90. The molecule has 0 radical (unpaired) electrons. The van der Waals surface area contributed by atoms with Crippen molar-refractivity contribution in [2.24, 2.45) is 0 Å². The third-order valence-corrected chi connectivity index (χ3v) is 4.13. The third-order valence-electron chi connectivity index (χ3n) is 4.13. The number of benzene rings is 2. The smallest absolute Gasteiger partial charge is 0.246 e. The highest BCUT2D eigenvalue weighted by molar-refractivity contribution is 6.03. The van der Waals surface area contributed by atoms with Crippen molar-refractivity contribution in [3.63, 3.8) is 0 Å². The molecule has 1 aliphatic heterocycles. The maximum atomic E-state index is 12.5. The van der Waals surface area contributed by atoms with E-state index in [4.69, 9.17) is 9.47 Å². The van der Waals surface area contributed by atoms with Crippen LogP contribution in [0.2, 0.25) is 0 Å². The summed E-state index contributed by atoms with van der Waals surface area (Å²) in [5, 5.41) is 3.15. The topological polar surface area (TPSA) is 50.8 Å². The molecule has 0 fully saturated rings. The summed E-state index contributed by atoms with van der Waals surface area (Å²) < 4.78 is 10.7. The normalized spacial score (nSPS) is 14.7. The van der Waals surface area contributed by atoms with Gasteiger partial charge in [-0.25, -0.2) is 0 Å². The van der Waals surface area contributed by atoms with E-state index in [-0.39, 0.29) is 18.5 Å². The first-order chi connectivity index (χ1) is 11.2. The van der Waals surface area contributed by atoms with E-state index in [0.717, 1.165) is 16.9 Å². The lowest BCUT2D eigenvalue weighted by Gasteiger charge is -2.35. The highest BCUT2D eigenvalue weighted by Gasteiger charge is 2.30. The number of nitrogens with one attached hydrogen (secondary N) is 1. The molecule has 5 heteroatoms. The minimum absolute atomic E-state index is 0.0288. The molecule has 120 valence electrons. The molecule has 2 aromatic carbocycles. The van der Waals surface area contributed by atoms with Gasteiger partial charge < -0.3 is 19.7 Å². The van der Waals surface area contributed by atoms with Crippen molar-refractivity contribution in [2.45, 2.75) is 13.0 Å². The molecule has 1 atom stereocenters. The number of carbonyl (C=O) groups excluding carboxylic acids is 1. The number of rotatable bonds is 4. The molecule has 0 saturated carbocycles. The summed E-state index contributed by atoms with van der Waals surface area (Å²) in [5.41, 5.74) is 2.75. The zero-order valence-electron chi connectivity index (χ0n) is 13.5. The fraction of sp³-hybridized carbons (Fsp3) is 0.278. The second-order valence-electron chi connectivity index (χ2n) is 5.43. The van der Waals surface area contributed by atoms with Crippen LogP contribution in [0, 0.1) is 0 Å². The van der Waals surface area contributed by atoms with Crippen molar-refractivity contribution in [2.75, 3.05) is 31.0 Å². The molecule has 0 bridgehead atoms. The summed E-state index contributed by atoms with van der Waals surface area (Å²) in [6.45, 7) is 2.29. The standard InChI is InChI=1S/C18H20N2O3/c1-12(13-7-5-4-6-8-13)20-15-10-17(23-3)16(22-2)9-14(15)19-11-18(20)21/h4-10,12,19H,11H2,1-3H3. The van der Waals surface area contributed by atoms with E-state index in [2.05, 4.69) is 5.32 Å². The number of ether oxygens (including phenoxy) is 2. The first-order valence-corrected chi connectivity index (χ1v) is 7.52. The third kappa shape index (κ3) is 2.70. The zero-order chi connectivity index (χ0) is 16.4. The van der Waals surface area contributed by atoms with Crippen LogP contribution in [0.3, 0.4) is 0 Å². The molecule has 0 aliphatic carbocycles. The van der Waals surface area contributed by atoms with Gasteiger partial charge in [-0.1, -0.05) is 30.3 Å². The van der Waals surface area contributed by atoms with Gasteiger partial charge in [-0.2, -0.15) is 0 Å². The number of amides is 1. The predicted molar refractivity (Wildman–Crippen MR) is 90.4 cm³/mol. The Balaban J connectivity index is 2.07.